The van der Waals surface area contributed by atoms with E-state index in [1.54, 1.807) is 25.1 Å². The molecule has 1 fully saturated rings. The van der Waals surface area contributed by atoms with Gasteiger partial charge in [0.15, 0.2) is 11.3 Å². The Balaban J connectivity index is 1.76. The molecule has 0 unspecified atom stereocenters. The monoisotopic (exact) mass is 488 g/mol. The molecule has 0 radical (unpaired) electrons. The van der Waals surface area contributed by atoms with Crippen molar-refractivity contribution in [2.75, 3.05) is 13.1 Å². The summed E-state index contributed by atoms with van der Waals surface area (Å²) < 4.78 is 35.6. The van der Waals surface area contributed by atoms with Crippen molar-refractivity contribution in [2.24, 2.45) is 0 Å². The summed E-state index contributed by atoms with van der Waals surface area (Å²) in [5, 5.41) is 1.14. The molecule has 1 N–H and O–H groups in total. The Labute approximate surface area is 200 Å². The number of rotatable bonds is 5. The normalized spacial score (nSPS) is 15.1. The number of carbonyl (C=O) groups is 1. The first-order valence-corrected chi connectivity index (χ1v) is 13.1. The maximum atomic E-state index is 13.4. The summed E-state index contributed by atoms with van der Waals surface area (Å²) in [5.74, 6) is 0.0488. The van der Waals surface area contributed by atoms with E-state index in [0.29, 0.717) is 40.2 Å². The summed E-state index contributed by atoms with van der Waals surface area (Å²) in [6.07, 6.45) is 4.16. The molecule has 2 heterocycles. The number of benzene rings is 2. The fourth-order valence-electron chi connectivity index (χ4n) is 4.37. The summed E-state index contributed by atoms with van der Waals surface area (Å²) in [5.41, 5.74) is 2.98. The van der Waals surface area contributed by atoms with Gasteiger partial charge in [-0.3, -0.25) is 4.79 Å². The van der Waals surface area contributed by atoms with Gasteiger partial charge in [-0.15, -0.1) is 0 Å². The van der Waals surface area contributed by atoms with E-state index in [-0.39, 0.29) is 28.7 Å². The van der Waals surface area contributed by atoms with Crippen LogP contribution in [0.25, 0.3) is 11.0 Å². The molecule has 1 aliphatic rings. The Morgan fingerprint density at radius 1 is 1.06 bits per heavy atom. The molecule has 0 spiro atoms. The first-order valence-electron chi connectivity index (χ1n) is 11.3. The zero-order chi connectivity index (χ0) is 23.8. The summed E-state index contributed by atoms with van der Waals surface area (Å²) in [4.78, 5) is 15.2. The number of aryl methyl sites for hydroxylation is 2. The van der Waals surface area contributed by atoms with Crippen molar-refractivity contribution in [3.05, 3.63) is 63.4 Å². The van der Waals surface area contributed by atoms with E-state index >= 15 is 0 Å². The lowest BCUT2D eigenvalue weighted by molar-refractivity contribution is 0.0731. The number of carbonyl (C=O) groups excluding carboxylic acids is 1. The Kier molecular flexibility index (Phi) is 6.84. The second-order valence-electron chi connectivity index (χ2n) is 8.70. The van der Waals surface area contributed by atoms with E-state index in [2.05, 4.69) is 4.72 Å². The number of furan rings is 1. The van der Waals surface area contributed by atoms with Gasteiger partial charge in [0, 0.05) is 35.6 Å². The summed E-state index contributed by atoms with van der Waals surface area (Å²) in [6, 6.07) is 9.00. The molecule has 0 saturated carbocycles. The molecule has 3 aromatic rings. The zero-order valence-corrected chi connectivity index (χ0v) is 20.8. The van der Waals surface area contributed by atoms with E-state index in [0.717, 1.165) is 31.2 Å². The van der Waals surface area contributed by atoms with Crippen LogP contribution in [0.15, 0.2) is 39.6 Å². The van der Waals surface area contributed by atoms with Crippen LogP contribution < -0.4 is 4.72 Å². The molecule has 2 aromatic carbocycles. The quantitative estimate of drug-likeness (QED) is 0.513. The molecular weight excluding hydrogens is 460 g/mol. The van der Waals surface area contributed by atoms with Gasteiger partial charge in [-0.2, -0.15) is 0 Å². The first kappa shape index (κ1) is 23.8. The van der Waals surface area contributed by atoms with Crippen LogP contribution in [-0.4, -0.2) is 32.3 Å². The number of nitrogens with one attached hydrogen (secondary N) is 1. The van der Waals surface area contributed by atoms with E-state index < -0.39 is 10.0 Å². The zero-order valence-electron chi connectivity index (χ0n) is 19.2. The lowest BCUT2D eigenvalue weighted by Gasteiger charge is -2.19. The highest BCUT2D eigenvalue weighted by atomic mass is 35.5. The average Bonchev–Trinajstić information content (AvgIpc) is 2.96. The number of hydrogen-bond donors (Lipinski definition) is 1. The maximum absolute atomic E-state index is 13.4. The molecule has 4 rings (SSSR count). The molecule has 176 valence electrons. The summed E-state index contributed by atoms with van der Waals surface area (Å²) >= 11 is 6.20. The Morgan fingerprint density at radius 2 is 1.73 bits per heavy atom. The number of hydrogen-bond acceptors (Lipinski definition) is 4. The van der Waals surface area contributed by atoms with Crippen LogP contribution in [0.4, 0.5) is 0 Å². The number of sulfonamides is 1. The molecule has 1 aromatic heterocycles. The SMILES string of the molecule is Cc1cc2c(C)c(C(=O)N3CCCCCC3)oc2c(S(=O)(=O)NCc2ccccc2Cl)c1C. The van der Waals surface area contributed by atoms with Crippen molar-refractivity contribution in [2.45, 2.75) is 57.9 Å². The molecule has 33 heavy (non-hydrogen) atoms. The maximum Gasteiger partial charge on any atom is 0.289 e. The molecule has 1 saturated heterocycles. The minimum Gasteiger partial charge on any atom is -0.449 e. The van der Waals surface area contributed by atoms with Crippen molar-refractivity contribution in [3.8, 4) is 0 Å². The average molecular weight is 489 g/mol. The number of likely N-dealkylation sites (tertiary alicyclic amines) is 1. The standard InChI is InChI=1S/C25H29ClN2O4S/c1-16-14-20-18(3)22(25(29)28-12-8-4-5-9-13-28)32-23(20)24(17(16)2)33(30,31)27-15-19-10-6-7-11-21(19)26/h6-7,10-11,14,27H,4-5,8-9,12-13,15H2,1-3H3. The van der Waals surface area contributed by atoms with Gasteiger partial charge < -0.3 is 9.32 Å². The highest BCUT2D eigenvalue weighted by Crippen LogP contribution is 2.35. The largest absolute Gasteiger partial charge is 0.449 e. The second-order valence-corrected chi connectivity index (χ2v) is 10.8. The molecule has 1 aliphatic heterocycles. The summed E-state index contributed by atoms with van der Waals surface area (Å²) in [7, 11) is -3.94. The van der Waals surface area contributed by atoms with Crippen LogP contribution in [0.3, 0.4) is 0 Å². The smallest absolute Gasteiger partial charge is 0.289 e. The first-order chi connectivity index (χ1) is 15.7. The number of halogens is 1. The number of fused-ring (bicyclic) bond motifs is 1. The lowest BCUT2D eigenvalue weighted by atomic mass is 10.0. The van der Waals surface area contributed by atoms with Crippen LogP contribution in [0.1, 0.15) is 58.5 Å². The van der Waals surface area contributed by atoms with Gasteiger partial charge in [0.05, 0.1) is 0 Å². The van der Waals surface area contributed by atoms with Gasteiger partial charge in [-0.1, -0.05) is 42.6 Å². The third kappa shape index (κ3) is 4.67. The topological polar surface area (TPSA) is 79.6 Å². The van der Waals surface area contributed by atoms with E-state index in [4.69, 9.17) is 16.0 Å². The Morgan fingerprint density at radius 3 is 2.39 bits per heavy atom. The van der Waals surface area contributed by atoms with Gasteiger partial charge in [-0.25, -0.2) is 13.1 Å². The van der Waals surface area contributed by atoms with Crippen molar-refractivity contribution in [1.82, 2.24) is 9.62 Å². The fourth-order valence-corrected chi connectivity index (χ4v) is 6.03. The number of nitrogens with zero attached hydrogens (tertiary/aromatic N) is 1. The highest BCUT2D eigenvalue weighted by Gasteiger charge is 2.30. The minimum atomic E-state index is -3.94. The van der Waals surface area contributed by atoms with Gasteiger partial charge in [0.25, 0.3) is 5.91 Å². The van der Waals surface area contributed by atoms with Crippen molar-refractivity contribution >= 4 is 38.5 Å². The third-order valence-electron chi connectivity index (χ3n) is 6.46. The molecular formula is C25H29ClN2O4S. The Hall–Kier alpha value is -2.35. The van der Waals surface area contributed by atoms with E-state index in [9.17, 15) is 13.2 Å². The van der Waals surface area contributed by atoms with Crippen LogP contribution in [0.2, 0.25) is 5.02 Å². The fraction of sp³-hybridized carbons (Fsp3) is 0.400. The van der Waals surface area contributed by atoms with Gasteiger partial charge in [-0.05, 0) is 62.4 Å². The second kappa shape index (κ2) is 9.49. The third-order valence-corrected chi connectivity index (χ3v) is 8.38. The molecule has 0 bridgehead atoms. The van der Waals surface area contributed by atoms with E-state index in [1.165, 1.54) is 0 Å². The van der Waals surface area contributed by atoms with E-state index in [1.807, 2.05) is 30.9 Å². The van der Waals surface area contributed by atoms with Crippen LogP contribution >= 0.6 is 11.6 Å². The molecule has 1 amide bonds. The molecule has 6 nitrogen and oxygen atoms in total. The van der Waals surface area contributed by atoms with Crippen molar-refractivity contribution in [1.29, 1.82) is 0 Å². The lowest BCUT2D eigenvalue weighted by Crippen LogP contribution is -2.31. The van der Waals surface area contributed by atoms with Gasteiger partial charge >= 0.3 is 0 Å². The highest BCUT2D eigenvalue weighted by molar-refractivity contribution is 7.89. The molecule has 0 atom stereocenters. The number of amides is 1. The molecule has 8 heteroatoms. The van der Waals surface area contributed by atoms with Crippen LogP contribution in [0, 0.1) is 20.8 Å². The van der Waals surface area contributed by atoms with Crippen molar-refractivity contribution in [3.63, 3.8) is 0 Å². The predicted molar refractivity (Wildman–Crippen MR) is 130 cm³/mol. The van der Waals surface area contributed by atoms with Crippen LogP contribution in [-0.2, 0) is 16.6 Å². The van der Waals surface area contributed by atoms with Crippen molar-refractivity contribution < 1.29 is 17.6 Å². The summed E-state index contributed by atoms with van der Waals surface area (Å²) in [6.45, 7) is 6.88. The van der Waals surface area contributed by atoms with Gasteiger partial charge in [0.2, 0.25) is 10.0 Å². The molecule has 0 aliphatic carbocycles. The minimum absolute atomic E-state index is 0.0517. The van der Waals surface area contributed by atoms with Gasteiger partial charge in [0.1, 0.15) is 4.90 Å². The van der Waals surface area contributed by atoms with Crippen LogP contribution in [0.5, 0.6) is 0 Å². The predicted octanol–water partition coefficient (Wildman–Crippen LogP) is 5.51. The Bertz CT molecular complexity index is 1310.